The third kappa shape index (κ3) is 4.73. The number of nitrogens with one attached hydrogen (secondary N) is 1. The minimum atomic E-state index is -0.642. The van der Waals surface area contributed by atoms with E-state index in [2.05, 4.69) is 15.4 Å². The van der Waals surface area contributed by atoms with Crippen LogP contribution in [-0.2, 0) is 16.0 Å². The summed E-state index contributed by atoms with van der Waals surface area (Å²) in [6.45, 7) is 2.88. The lowest BCUT2D eigenvalue weighted by Crippen LogP contribution is -2.21. The van der Waals surface area contributed by atoms with Crippen LogP contribution in [-0.4, -0.2) is 39.0 Å². The van der Waals surface area contributed by atoms with Gasteiger partial charge in [0.25, 0.3) is 5.91 Å². The first kappa shape index (κ1) is 19.9. The number of hydrogen-bond acceptors (Lipinski definition) is 6. The molecule has 0 saturated heterocycles. The Morgan fingerprint density at radius 1 is 1.14 bits per heavy atom. The molecule has 2 heterocycles. The SMILES string of the molecule is CCc1c(C(=O)OCC(=O)Nc2cccc(C(C)=O)c2)cnn1-c1ccccn1. The lowest BCUT2D eigenvalue weighted by molar-refractivity contribution is -0.119. The number of pyridine rings is 1. The molecule has 0 bridgehead atoms. The second kappa shape index (κ2) is 8.92. The van der Waals surface area contributed by atoms with Crippen molar-refractivity contribution in [2.45, 2.75) is 20.3 Å². The van der Waals surface area contributed by atoms with Crippen LogP contribution < -0.4 is 5.32 Å². The summed E-state index contributed by atoms with van der Waals surface area (Å²) in [4.78, 5) is 40.2. The molecule has 8 nitrogen and oxygen atoms in total. The average Bonchev–Trinajstić information content (AvgIpc) is 3.17. The molecule has 3 aromatic rings. The third-order valence-electron chi connectivity index (χ3n) is 4.18. The number of benzene rings is 1. The van der Waals surface area contributed by atoms with Crippen LogP contribution in [0.5, 0.6) is 0 Å². The van der Waals surface area contributed by atoms with E-state index in [1.54, 1.807) is 47.3 Å². The number of aromatic nitrogens is 3. The van der Waals surface area contributed by atoms with Gasteiger partial charge in [0, 0.05) is 17.4 Å². The maximum atomic E-state index is 12.4. The maximum absolute atomic E-state index is 12.4. The van der Waals surface area contributed by atoms with Crippen molar-refractivity contribution >= 4 is 23.3 Å². The minimum absolute atomic E-state index is 0.107. The molecule has 0 aliphatic heterocycles. The van der Waals surface area contributed by atoms with Crippen molar-refractivity contribution in [2.24, 2.45) is 0 Å². The van der Waals surface area contributed by atoms with E-state index in [1.165, 1.54) is 13.1 Å². The molecule has 29 heavy (non-hydrogen) atoms. The van der Waals surface area contributed by atoms with E-state index in [9.17, 15) is 14.4 Å². The van der Waals surface area contributed by atoms with E-state index < -0.39 is 18.5 Å². The van der Waals surface area contributed by atoms with Crippen LogP contribution in [0.2, 0.25) is 0 Å². The highest BCUT2D eigenvalue weighted by Crippen LogP contribution is 2.16. The monoisotopic (exact) mass is 392 g/mol. The second-order valence-corrected chi connectivity index (χ2v) is 6.22. The summed E-state index contributed by atoms with van der Waals surface area (Å²) in [6, 6.07) is 11.9. The van der Waals surface area contributed by atoms with Crippen LogP contribution >= 0.6 is 0 Å². The molecule has 1 amide bonds. The van der Waals surface area contributed by atoms with Gasteiger partial charge in [-0.15, -0.1) is 0 Å². The highest BCUT2D eigenvalue weighted by molar-refractivity contribution is 5.98. The summed E-state index contributed by atoms with van der Waals surface area (Å²) < 4.78 is 6.71. The molecule has 0 aliphatic rings. The number of ether oxygens (including phenoxy) is 1. The predicted molar refractivity (Wildman–Crippen MR) is 106 cm³/mol. The van der Waals surface area contributed by atoms with Gasteiger partial charge in [0.15, 0.2) is 18.2 Å². The Morgan fingerprint density at radius 3 is 2.66 bits per heavy atom. The van der Waals surface area contributed by atoms with Crippen molar-refractivity contribution in [3.05, 3.63) is 71.7 Å². The first-order valence-corrected chi connectivity index (χ1v) is 9.06. The number of anilines is 1. The van der Waals surface area contributed by atoms with E-state index in [1.807, 2.05) is 13.0 Å². The summed E-state index contributed by atoms with van der Waals surface area (Å²) in [5.41, 5.74) is 1.86. The van der Waals surface area contributed by atoms with Crippen molar-refractivity contribution in [3.63, 3.8) is 0 Å². The summed E-state index contributed by atoms with van der Waals surface area (Å²) in [5, 5.41) is 6.82. The van der Waals surface area contributed by atoms with Crippen LogP contribution in [0.15, 0.2) is 54.9 Å². The Hall–Kier alpha value is -3.81. The van der Waals surface area contributed by atoms with Gasteiger partial charge in [-0.1, -0.05) is 25.1 Å². The lowest BCUT2D eigenvalue weighted by Gasteiger charge is -2.08. The molecule has 0 fully saturated rings. The average molecular weight is 392 g/mol. The summed E-state index contributed by atoms with van der Waals surface area (Å²) >= 11 is 0. The maximum Gasteiger partial charge on any atom is 0.342 e. The number of rotatable bonds is 7. The van der Waals surface area contributed by atoms with Crippen molar-refractivity contribution < 1.29 is 19.1 Å². The fraction of sp³-hybridized carbons (Fsp3) is 0.190. The van der Waals surface area contributed by atoms with Gasteiger partial charge in [0.05, 0.1) is 11.9 Å². The van der Waals surface area contributed by atoms with Gasteiger partial charge in [-0.2, -0.15) is 5.10 Å². The molecule has 148 valence electrons. The van der Waals surface area contributed by atoms with E-state index in [0.29, 0.717) is 29.2 Å². The molecule has 3 rings (SSSR count). The van der Waals surface area contributed by atoms with E-state index in [-0.39, 0.29) is 11.3 Å². The number of nitrogens with zero attached hydrogens (tertiary/aromatic N) is 3. The molecule has 0 radical (unpaired) electrons. The molecular weight excluding hydrogens is 372 g/mol. The number of hydrogen-bond donors (Lipinski definition) is 1. The Morgan fingerprint density at radius 2 is 1.97 bits per heavy atom. The smallest absolute Gasteiger partial charge is 0.342 e. The van der Waals surface area contributed by atoms with Gasteiger partial charge < -0.3 is 10.1 Å². The molecule has 0 aliphatic carbocycles. The zero-order valence-corrected chi connectivity index (χ0v) is 16.1. The first-order chi connectivity index (χ1) is 14.0. The molecule has 1 N–H and O–H groups in total. The fourth-order valence-electron chi connectivity index (χ4n) is 2.78. The highest BCUT2D eigenvalue weighted by atomic mass is 16.5. The van der Waals surface area contributed by atoms with Gasteiger partial charge in [-0.25, -0.2) is 14.5 Å². The van der Waals surface area contributed by atoms with Crippen molar-refractivity contribution in [1.29, 1.82) is 0 Å². The molecular formula is C21H20N4O4. The van der Waals surface area contributed by atoms with Crippen molar-refractivity contribution in [3.8, 4) is 5.82 Å². The number of carbonyl (C=O) groups is 3. The molecule has 2 aromatic heterocycles. The van der Waals surface area contributed by atoms with Crippen LogP contribution in [0.25, 0.3) is 5.82 Å². The zero-order valence-electron chi connectivity index (χ0n) is 16.1. The van der Waals surface area contributed by atoms with Gasteiger partial charge in [-0.3, -0.25) is 9.59 Å². The quantitative estimate of drug-likeness (QED) is 0.490. The standard InChI is InChI=1S/C21H20N4O4/c1-3-18-17(12-23-25(18)19-9-4-5-10-22-19)21(28)29-13-20(27)24-16-8-6-7-15(11-16)14(2)26/h4-12H,3,13H2,1-2H3,(H,24,27). The van der Waals surface area contributed by atoms with Crippen molar-refractivity contribution in [1.82, 2.24) is 14.8 Å². The molecule has 8 heteroatoms. The Balaban J connectivity index is 1.65. The van der Waals surface area contributed by atoms with Gasteiger partial charge in [-0.05, 0) is 37.6 Å². The Bertz CT molecular complexity index is 1040. The van der Waals surface area contributed by atoms with Crippen LogP contribution in [0.4, 0.5) is 5.69 Å². The van der Waals surface area contributed by atoms with Crippen LogP contribution in [0.3, 0.4) is 0 Å². The largest absolute Gasteiger partial charge is 0.452 e. The molecule has 1 aromatic carbocycles. The minimum Gasteiger partial charge on any atom is -0.452 e. The summed E-state index contributed by atoms with van der Waals surface area (Å²) in [6.07, 6.45) is 3.58. The molecule has 0 atom stereocenters. The number of carbonyl (C=O) groups excluding carboxylic acids is 3. The van der Waals surface area contributed by atoms with Gasteiger partial charge in [0.2, 0.25) is 0 Å². The van der Waals surface area contributed by atoms with E-state index >= 15 is 0 Å². The number of Topliss-reactive ketones (excluding diaryl/α,β-unsaturated/α-hetero) is 1. The van der Waals surface area contributed by atoms with Crippen LogP contribution in [0.1, 0.15) is 40.3 Å². The molecule has 0 saturated carbocycles. The number of esters is 1. The first-order valence-electron chi connectivity index (χ1n) is 9.06. The van der Waals surface area contributed by atoms with Gasteiger partial charge >= 0.3 is 5.97 Å². The third-order valence-corrected chi connectivity index (χ3v) is 4.18. The summed E-state index contributed by atoms with van der Waals surface area (Å²) in [7, 11) is 0. The van der Waals surface area contributed by atoms with E-state index in [0.717, 1.165) is 0 Å². The molecule has 0 spiro atoms. The Kier molecular flexibility index (Phi) is 6.13. The normalized spacial score (nSPS) is 10.4. The number of ketones is 1. The fourth-order valence-corrected chi connectivity index (χ4v) is 2.78. The lowest BCUT2D eigenvalue weighted by atomic mass is 10.1. The Labute approximate surface area is 167 Å². The summed E-state index contributed by atoms with van der Waals surface area (Å²) in [5.74, 6) is -0.665. The molecule has 0 unspecified atom stereocenters. The van der Waals surface area contributed by atoms with Crippen LogP contribution in [0, 0.1) is 0 Å². The van der Waals surface area contributed by atoms with Gasteiger partial charge in [0.1, 0.15) is 5.56 Å². The van der Waals surface area contributed by atoms with E-state index in [4.69, 9.17) is 4.74 Å². The second-order valence-electron chi connectivity index (χ2n) is 6.22. The highest BCUT2D eigenvalue weighted by Gasteiger charge is 2.20. The zero-order chi connectivity index (χ0) is 20.8. The topological polar surface area (TPSA) is 103 Å². The number of amides is 1. The predicted octanol–water partition coefficient (Wildman–Crippen LogP) is 2.83. The van der Waals surface area contributed by atoms with Crippen molar-refractivity contribution in [2.75, 3.05) is 11.9 Å².